The van der Waals surface area contributed by atoms with Crippen LogP contribution in [0.15, 0.2) is 51.7 Å². The molecule has 2 heterocycles. The zero-order valence-corrected chi connectivity index (χ0v) is 14.0. The monoisotopic (exact) mass is 324 g/mol. The van der Waals surface area contributed by atoms with Crippen LogP contribution in [0.3, 0.4) is 0 Å². The van der Waals surface area contributed by atoms with Crippen molar-refractivity contribution in [1.29, 1.82) is 0 Å². The molecule has 1 aromatic heterocycles. The lowest BCUT2D eigenvalue weighted by Gasteiger charge is -2.32. The van der Waals surface area contributed by atoms with Crippen LogP contribution in [0.25, 0.3) is 21.7 Å². The SMILES string of the molecule is C[C@@H]1C[NH+](Cc2cc(=O)oc3ccc4ccccc4c23)C[C@H](C)O1. The molecule has 4 nitrogen and oxygen atoms in total. The maximum atomic E-state index is 12.0. The highest BCUT2D eigenvalue weighted by atomic mass is 16.5. The van der Waals surface area contributed by atoms with Gasteiger partial charge in [0.2, 0.25) is 0 Å². The number of quaternary nitrogens is 1. The highest BCUT2D eigenvalue weighted by Gasteiger charge is 2.26. The second-order valence-electron chi connectivity index (χ2n) is 6.84. The second-order valence-corrected chi connectivity index (χ2v) is 6.84. The predicted octanol–water partition coefficient (Wildman–Crippen LogP) is 2.14. The van der Waals surface area contributed by atoms with Gasteiger partial charge in [-0.15, -0.1) is 0 Å². The first-order chi connectivity index (χ1) is 11.6. The Kier molecular flexibility index (Phi) is 3.87. The zero-order chi connectivity index (χ0) is 16.7. The summed E-state index contributed by atoms with van der Waals surface area (Å²) in [6.45, 7) is 6.95. The van der Waals surface area contributed by atoms with Gasteiger partial charge in [-0.25, -0.2) is 4.79 Å². The van der Waals surface area contributed by atoms with Crippen molar-refractivity contribution in [2.45, 2.75) is 32.6 Å². The summed E-state index contributed by atoms with van der Waals surface area (Å²) in [5.41, 5.74) is 1.46. The van der Waals surface area contributed by atoms with Crippen molar-refractivity contribution in [3.05, 3.63) is 58.4 Å². The maximum absolute atomic E-state index is 12.0. The number of morpholine rings is 1. The van der Waals surface area contributed by atoms with Gasteiger partial charge in [0.1, 0.15) is 37.4 Å². The Morgan fingerprint density at radius 1 is 1.08 bits per heavy atom. The molecule has 24 heavy (non-hydrogen) atoms. The molecular formula is C20H22NO3+. The van der Waals surface area contributed by atoms with Crippen molar-refractivity contribution in [2.75, 3.05) is 13.1 Å². The summed E-state index contributed by atoms with van der Waals surface area (Å²) in [6.07, 6.45) is 0.485. The molecule has 0 spiro atoms. The van der Waals surface area contributed by atoms with Gasteiger partial charge in [0.15, 0.2) is 0 Å². The van der Waals surface area contributed by atoms with Crippen molar-refractivity contribution in [3.63, 3.8) is 0 Å². The Labute approximate surface area is 140 Å². The first-order valence-corrected chi connectivity index (χ1v) is 8.53. The Hall–Kier alpha value is -2.17. The minimum Gasteiger partial charge on any atom is -0.423 e. The molecule has 0 aliphatic carbocycles. The average Bonchev–Trinajstić information content (AvgIpc) is 2.53. The van der Waals surface area contributed by atoms with Crippen LogP contribution in [0.2, 0.25) is 0 Å². The van der Waals surface area contributed by atoms with Crippen LogP contribution < -0.4 is 10.5 Å². The average molecular weight is 324 g/mol. The molecule has 3 atom stereocenters. The summed E-state index contributed by atoms with van der Waals surface area (Å²) in [5.74, 6) is 0. The van der Waals surface area contributed by atoms with E-state index in [2.05, 4.69) is 26.0 Å². The molecule has 0 saturated carbocycles. The fourth-order valence-electron chi connectivity index (χ4n) is 3.96. The van der Waals surface area contributed by atoms with Gasteiger partial charge < -0.3 is 14.1 Å². The summed E-state index contributed by atoms with van der Waals surface area (Å²) >= 11 is 0. The second kappa shape index (κ2) is 6.04. The van der Waals surface area contributed by atoms with Crippen LogP contribution >= 0.6 is 0 Å². The van der Waals surface area contributed by atoms with Crippen LogP contribution in [0.5, 0.6) is 0 Å². The minimum atomic E-state index is -0.276. The minimum absolute atomic E-state index is 0.242. The number of fused-ring (bicyclic) bond motifs is 3. The third-order valence-electron chi connectivity index (χ3n) is 4.77. The predicted molar refractivity (Wildman–Crippen MR) is 94.4 cm³/mol. The third-order valence-corrected chi connectivity index (χ3v) is 4.77. The van der Waals surface area contributed by atoms with Gasteiger partial charge in [-0.05, 0) is 30.7 Å². The summed E-state index contributed by atoms with van der Waals surface area (Å²) < 4.78 is 11.3. The zero-order valence-electron chi connectivity index (χ0n) is 14.0. The Bertz CT molecular complexity index is 936. The van der Waals surface area contributed by atoms with E-state index in [9.17, 15) is 4.79 Å². The van der Waals surface area contributed by atoms with E-state index in [1.165, 1.54) is 10.3 Å². The van der Waals surface area contributed by atoms with Gasteiger partial charge in [-0.1, -0.05) is 30.3 Å². The molecule has 3 aromatic rings. The van der Waals surface area contributed by atoms with E-state index in [0.717, 1.165) is 36.0 Å². The van der Waals surface area contributed by atoms with Gasteiger partial charge in [0.25, 0.3) is 0 Å². The molecule has 1 aliphatic rings. The lowest BCUT2D eigenvalue weighted by molar-refractivity contribution is -0.928. The number of ether oxygens (including phenoxy) is 1. The molecule has 0 bridgehead atoms. The first kappa shape index (κ1) is 15.4. The van der Waals surface area contributed by atoms with Crippen molar-refractivity contribution in [3.8, 4) is 0 Å². The lowest BCUT2D eigenvalue weighted by Crippen LogP contribution is -3.14. The molecular weight excluding hydrogens is 302 g/mol. The van der Waals surface area contributed by atoms with E-state index in [-0.39, 0.29) is 17.8 Å². The van der Waals surface area contributed by atoms with Crippen LogP contribution in [0.4, 0.5) is 0 Å². The van der Waals surface area contributed by atoms with E-state index in [0.29, 0.717) is 5.58 Å². The normalized spacial score (nSPS) is 24.5. The number of nitrogens with one attached hydrogen (secondary N) is 1. The first-order valence-electron chi connectivity index (χ1n) is 8.53. The van der Waals surface area contributed by atoms with Crippen molar-refractivity contribution < 1.29 is 14.1 Å². The van der Waals surface area contributed by atoms with Gasteiger partial charge >= 0.3 is 5.63 Å². The standard InChI is InChI=1S/C20H21NO3/c1-13-10-21(11-14(2)23-13)12-16-9-19(22)24-18-8-7-15-5-3-4-6-17(15)20(16)18/h3-9,13-14H,10-12H2,1-2H3/p+1/t13-,14+. The highest BCUT2D eigenvalue weighted by molar-refractivity contribution is 6.06. The van der Waals surface area contributed by atoms with Crippen molar-refractivity contribution in [1.82, 2.24) is 0 Å². The van der Waals surface area contributed by atoms with Crippen LogP contribution in [0.1, 0.15) is 19.4 Å². The molecule has 124 valence electrons. The summed E-state index contributed by atoms with van der Waals surface area (Å²) in [5, 5.41) is 3.37. The summed E-state index contributed by atoms with van der Waals surface area (Å²) in [6, 6.07) is 13.8. The molecule has 4 rings (SSSR count). The molecule has 1 saturated heterocycles. The summed E-state index contributed by atoms with van der Waals surface area (Å²) in [4.78, 5) is 13.5. The van der Waals surface area contributed by atoms with E-state index >= 15 is 0 Å². The Morgan fingerprint density at radius 3 is 2.62 bits per heavy atom. The fourth-order valence-corrected chi connectivity index (χ4v) is 3.96. The topological polar surface area (TPSA) is 43.9 Å². The van der Waals surface area contributed by atoms with E-state index in [4.69, 9.17) is 9.15 Å². The number of hydrogen-bond donors (Lipinski definition) is 1. The molecule has 1 fully saturated rings. The smallest absolute Gasteiger partial charge is 0.336 e. The number of benzene rings is 2. The molecule has 1 unspecified atom stereocenters. The maximum Gasteiger partial charge on any atom is 0.336 e. The molecule has 1 N–H and O–H groups in total. The van der Waals surface area contributed by atoms with Crippen LogP contribution in [-0.4, -0.2) is 25.3 Å². The number of rotatable bonds is 2. The molecule has 4 heteroatoms. The van der Waals surface area contributed by atoms with Gasteiger partial charge in [0.05, 0.1) is 0 Å². The lowest BCUT2D eigenvalue weighted by atomic mass is 10.0. The Balaban J connectivity index is 1.84. The molecule has 0 amide bonds. The quantitative estimate of drug-likeness (QED) is 0.580. The highest BCUT2D eigenvalue weighted by Crippen LogP contribution is 2.27. The van der Waals surface area contributed by atoms with Crippen molar-refractivity contribution >= 4 is 21.7 Å². The van der Waals surface area contributed by atoms with Gasteiger partial charge in [-0.2, -0.15) is 0 Å². The van der Waals surface area contributed by atoms with Crippen molar-refractivity contribution in [2.24, 2.45) is 0 Å². The summed E-state index contributed by atoms with van der Waals surface area (Å²) in [7, 11) is 0. The van der Waals surface area contributed by atoms with E-state index in [1.54, 1.807) is 6.07 Å². The van der Waals surface area contributed by atoms with E-state index < -0.39 is 0 Å². The van der Waals surface area contributed by atoms with Crippen LogP contribution in [0, 0.1) is 0 Å². The van der Waals surface area contributed by atoms with Crippen LogP contribution in [-0.2, 0) is 11.3 Å². The molecule has 0 radical (unpaired) electrons. The number of hydrogen-bond acceptors (Lipinski definition) is 3. The van der Waals surface area contributed by atoms with E-state index in [1.807, 2.05) is 24.3 Å². The van der Waals surface area contributed by atoms with Gasteiger partial charge in [-0.3, -0.25) is 0 Å². The molecule has 2 aromatic carbocycles. The third kappa shape index (κ3) is 2.83. The molecule has 1 aliphatic heterocycles. The van der Waals surface area contributed by atoms with Gasteiger partial charge in [0, 0.05) is 17.0 Å². The largest absolute Gasteiger partial charge is 0.423 e. The Morgan fingerprint density at radius 2 is 1.83 bits per heavy atom. The fraction of sp³-hybridized carbons (Fsp3) is 0.350.